The summed E-state index contributed by atoms with van der Waals surface area (Å²) in [5.41, 5.74) is 7.44. The van der Waals surface area contributed by atoms with Gasteiger partial charge in [-0.15, -0.1) is 0 Å². The fourth-order valence-corrected chi connectivity index (χ4v) is 4.35. The number of amides is 2. The average Bonchev–Trinajstić information content (AvgIpc) is 2.80. The summed E-state index contributed by atoms with van der Waals surface area (Å²) in [4.78, 5) is 26.0. The molecule has 4 rings (SSSR count). The van der Waals surface area contributed by atoms with Crippen molar-refractivity contribution in [2.75, 3.05) is 5.32 Å². The number of halogens is 1. The molecule has 0 fully saturated rings. The number of nitrogens with one attached hydrogen (secondary N) is 1. The molecular formula is C26H25ClN2O2. The number of anilines is 1. The Labute approximate surface area is 187 Å². The molecule has 0 radical (unpaired) electrons. The summed E-state index contributed by atoms with van der Waals surface area (Å²) in [5, 5.41) is 3.63. The second-order valence-corrected chi connectivity index (χ2v) is 8.43. The third-order valence-electron chi connectivity index (χ3n) is 5.75. The highest BCUT2D eigenvalue weighted by atomic mass is 35.5. The molecule has 0 aliphatic carbocycles. The molecule has 0 saturated heterocycles. The third kappa shape index (κ3) is 4.80. The second kappa shape index (κ2) is 8.94. The van der Waals surface area contributed by atoms with E-state index >= 15 is 0 Å². The second-order valence-electron chi connectivity index (χ2n) is 8.00. The van der Waals surface area contributed by atoms with Gasteiger partial charge in [0.05, 0.1) is 0 Å². The smallest absolute Gasteiger partial charge is 0.221 e. The highest BCUT2D eigenvalue weighted by molar-refractivity contribution is 6.30. The summed E-state index contributed by atoms with van der Waals surface area (Å²) in [5.74, 6) is -0.0628. The van der Waals surface area contributed by atoms with Crippen molar-refractivity contribution in [3.63, 3.8) is 0 Å². The average molecular weight is 433 g/mol. The molecule has 0 aromatic heterocycles. The molecule has 0 saturated carbocycles. The SMILES string of the molecule is CC(=O)Nc1ccccc1-c1ccc2c(c1)CN(C(C)=O)Cc1ccc(Cl)cc1CC2. The zero-order chi connectivity index (χ0) is 22.0. The molecule has 0 unspecified atom stereocenters. The quantitative estimate of drug-likeness (QED) is 0.572. The van der Waals surface area contributed by atoms with Crippen LogP contribution in [0.1, 0.15) is 36.1 Å². The first-order chi connectivity index (χ1) is 14.9. The topological polar surface area (TPSA) is 49.4 Å². The van der Waals surface area contributed by atoms with Gasteiger partial charge in [0, 0.05) is 43.2 Å². The van der Waals surface area contributed by atoms with Crippen molar-refractivity contribution in [2.24, 2.45) is 0 Å². The molecule has 0 bridgehead atoms. The van der Waals surface area contributed by atoms with Gasteiger partial charge in [0.1, 0.15) is 0 Å². The zero-order valence-corrected chi connectivity index (χ0v) is 18.5. The Bertz CT molecular complexity index is 1160. The predicted molar refractivity (Wildman–Crippen MR) is 125 cm³/mol. The number of benzene rings is 3. The fourth-order valence-electron chi connectivity index (χ4n) is 4.16. The number of aryl methyl sites for hydroxylation is 2. The number of fused-ring (bicyclic) bond motifs is 2. The van der Waals surface area contributed by atoms with E-state index in [1.165, 1.54) is 18.1 Å². The molecule has 4 nitrogen and oxygen atoms in total. The molecule has 0 spiro atoms. The minimum atomic E-state index is -0.102. The monoisotopic (exact) mass is 432 g/mol. The van der Waals surface area contributed by atoms with Crippen LogP contribution >= 0.6 is 11.6 Å². The van der Waals surface area contributed by atoms with Gasteiger partial charge in [-0.1, -0.05) is 48.0 Å². The Morgan fingerprint density at radius 1 is 0.839 bits per heavy atom. The van der Waals surface area contributed by atoms with Gasteiger partial charge in [-0.3, -0.25) is 9.59 Å². The molecule has 2 amide bonds. The van der Waals surface area contributed by atoms with Gasteiger partial charge in [0.25, 0.3) is 0 Å². The van der Waals surface area contributed by atoms with E-state index in [2.05, 4.69) is 23.5 Å². The van der Waals surface area contributed by atoms with Gasteiger partial charge in [0.15, 0.2) is 0 Å². The summed E-state index contributed by atoms with van der Waals surface area (Å²) in [6.07, 6.45) is 1.75. The summed E-state index contributed by atoms with van der Waals surface area (Å²) in [6.45, 7) is 4.23. The molecule has 1 N–H and O–H groups in total. The Morgan fingerprint density at radius 2 is 1.55 bits per heavy atom. The summed E-state index contributed by atoms with van der Waals surface area (Å²) in [7, 11) is 0. The summed E-state index contributed by atoms with van der Waals surface area (Å²) >= 11 is 6.24. The maximum Gasteiger partial charge on any atom is 0.221 e. The van der Waals surface area contributed by atoms with Crippen molar-refractivity contribution in [3.05, 3.63) is 87.9 Å². The molecule has 3 aromatic carbocycles. The van der Waals surface area contributed by atoms with Crippen molar-refractivity contribution < 1.29 is 9.59 Å². The molecule has 0 atom stereocenters. The van der Waals surface area contributed by atoms with Crippen LogP contribution in [0.2, 0.25) is 5.02 Å². The number of rotatable bonds is 2. The Balaban J connectivity index is 1.76. The van der Waals surface area contributed by atoms with Crippen LogP contribution < -0.4 is 5.32 Å². The van der Waals surface area contributed by atoms with Gasteiger partial charge in [0.2, 0.25) is 11.8 Å². The van der Waals surface area contributed by atoms with Crippen molar-refractivity contribution in [1.29, 1.82) is 0 Å². The molecule has 158 valence electrons. The first kappa shape index (κ1) is 21.1. The van der Waals surface area contributed by atoms with Crippen molar-refractivity contribution >= 4 is 29.1 Å². The van der Waals surface area contributed by atoms with E-state index in [4.69, 9.17) is 11.6 Å². The number of para-hydroxylation sites is 1. The number of hydrogen-bond acceptors (Lipinski definition) is 2. The highest BCUT2D eigenvalue weighted by Gasteiger charge is 2.19. The zero-order valence-electron chi connectivity index (χ0n) is 17.7. The van der Waals surface area contributed by atoms with E-state index in [1.807, 2.05) is 47.4 Å². The number of nitrogens with zero attached hydrogens (tertiary/aromatic N) is 1. The minimum absolute atomic E-state index is 0.0396. The van der Waals surface area contributed by atoms with Crippen LogP contribution in [-0.4, -0.2) is 16.7 Å². The van der Waals surface area contributed by atoms with Gasteiger partial charge in [-0.25, -0.2) is 0 Å². The lowest BCUT2D eigenvalue weighted by Crippen LogP contribution is -2.28. The molecule has 1 aliphatic rings. The molecule has 1 heterocycles. The highest BCUT2D eigenvalue weighted by Crippen LogP contribution is 2.32. The molecule has 31 heavy (non-hydrogen) atoms. The van der Waals surface area contributed by atoms with Crippen LogP contribution in [0.25, 0.3) is 11.1 Å². The van der Waals surface area contributed by atoms with Gasteiger partial charge >= 0.3 is 0 Å². The van der Waals surface area contributed by atoms with E-state index < -0.39 is 0 Å². The first-order valence-electron chi connectivity index (χ1n) is 10.4. The van der Waals surface area contributed by atoms with Crippen LogP contribution in [-0.2, 0) is 35.5 Å². The maximum atomic E-state index is 12.4. The number of hydrogen-bond donors (Lipinski definition) is 1. The summed E-state index contributed by atoms with van der Waals surface area (Å²) in [6, 6.07) is 20.1. The minimum Gasteiger partial charge on any atom is -0.334 e. The lowest BCUT2D eigenvalue weighted by atomic mass is 9.94. The maximum absolute atomic E-state index is 12.4. The largest absolute Gasteiger partial charge is 0.334 e. The fraction of sp³-hybridized carbons (Fsp3) is 0.231. The van der Waals surface area contributed by atoms with Crippen molar-refractivity contribution in [2.45, 2.75) is 39.8 Å². The van der Waals surface area contributed by atoms with Crippen LogP contribution in [0, 0.1) is 0 Å². The standard InChI is InChI=1S/C26H25ClN2O2/c1-17(30)28-26-6-4-3-5-25(26)21-10-8-19-7-9-20-14-24(27)12-11-22(20)15-29(18(2)31)16-23(19)13-21/h3-6,8,10-14H,7,9,15-16H2,1-2H3,(H,28,30). The molecule has 1 aliphatic heterocycles. The van der Waals surface area contributed by atoms with E-state index in [9.17, 15) is 9.59 Å². The van der Waals surface area contributed by atoms with Crippen molar-refractivity contribution in [1.82, 2.24) is 4.90 Å². The van der Waals surface area contributed by atoms with Crippen molar-refractivity contribution in [3.8, 4) is 11.1 Å². The van der Waals surface area contributed by atoms with Crippen LogP contribution in [0.5, 0.6) is 0 Å². The van der Waals surface area contributed by atoms with E-state index in [1.54, 1.807) is 6.92 Å². The lowest BCUT2D eigenvalue weighted by molar-refractivity contribution is -0.130. The molecular weight excluding hydrogens is 408 g/mol. The van der Waals surface area contributed by atoms with Gasteiger partial charge in [-0.2, -0.15) is 0 Å². The Hall–Kier alpha value is -3.11. The third-order valence-corrected chi connectivity index (χ3v) is 5.99. The van der Waals surface area contributed by atoms with E-state index in [0.717, 1.165) is 45.8 Å². The number of carbonyl (C=O) groups is 2. The van der Waals surface area contributed by atoms with Crippen LogP contribution in [0.15, 0.2) is 60.7 Å². The summed E-state index contributed by atoms with van der Waals surface area (Å²) < 4.78 is 0. The Kier molecular flexibility index (Phi) is 6.10. The normalized spacial score (nSPS) is 13.3. The molecule has 5 heteroatoms. The first-order valence-corrected chi connectivity index (χ1v) is 10.8. The van der Waals surface area contributed by atoms with Crippen LogP contribution in [0.4, 0.5) is 5.69 Å². The van der Waals surface area contributed by atoms with Crippen LogP contribution in [0.3, 0.4) is 0 Å². The number of carbonyl (C=O) groups excluding carboxylic acids is 2. The molecule has 3 aromatic rings. The van der Waals surface area contributed by atoms with Gasteiger partial charge in [-0.05, 0) is 64.9 Å². The van der Waals surface area contributed by atoms with E-state index in [-0.39, 0.29) is 11.8 Å². The lowest BCUT2D eigenvalue weighted by Gasteiger charge is -2.23. The Morgan fingerprint density at radius 3 is 2.32 bits per heavy atom. The van der Waals surface area contributed by atoms with E-state index in [0.29, 0.717) is 13.1 Å². The predicted octanol–water partition coefficient (Wildman–Crippen LogP) is 5.61. The van der Waals surface area contributed by atoms with Gasteiger partial charge < -0.3 is 10.2 Å².